The largest absolute Gasteiger partial charge is 0.573 e. The van der Waals surface area contributed by atoms with Gasteiger partial charge in [-0.15, -0.1) is 24.5 Å². The number of rotatable bonds is 11. The van der Waals surface area contributed by atoms with Gasteiger partial charge in [-0.25, -0.2) is 4.98 Å². The second-order valence-electron chi connectivity index (χ2n) is 8.59. The first kappa shape index (κ1) is 27.3. The quantitative estimate of drug-likeness (QED) is 0.356. The van der Waals surface area contributed by atoms with E-state index in [1.807, 2.05) is 6.92 Å². The first-order valence-corrected chi connectivity index (χ1v) is 12.1. The average molecular weight is 524 g/mol. The lowest BCUT2D eigenvalue weighted by molar-refractivity contribution is -0.274. The maximum Gasteiger partial charge on any atom is 0.573 e. The summed E-state index contributed by atoms with van der Waals surface area (Å²) >= 11 is 0.694. The number of alkyl halides is 6. The van der Waals surface area contributed by atoms with Crippen LogP contribution in [0.1, 0.15) is 65.1 Å². The fourth-order valence-corrected chi connectivity index (χ4v) is 4.65. The van der Waals surface area contributed by atoms with Crippen LogP contribution < -0.4 is 10.1 Å². The molecule has 1 N–H and O–H groups in total. The van der Waals surface area contributed by atoms with Gasteiger partial charge in [0.1, 0.15) is 10.6 Å². The van der Waals surface area contributed by atoms with Gasteiger partial charge in [0.15, 0.2) is 5.69 Å². The molecule has 1 aliphatic carbocycles. The summed E-state index contributed by atoms with van der Waals surface area (Å²) in [7, 11) is 0. The third kappa shape index (κ3) is 8.38. The number of benzene rings is 1. The Bertz CT molecular complexity index is 1000. The molecule has 1 aromatic carbocycles. The molecule has 0 spiro atoms. The van der Waals surface area contributed by atoms with E-state index in [1.165, 1.54) is 31.9 Å². The number of nitrogens with one attached hydrogen (secondary N) is 1. The molecule has 12 heteroatoms. The lowest BCUT2D eigenvalue weighted by atomic mass is 10.1. The fourth-order valence-electron chi connectivity index (χ4n) is 3.67. The lowest BCUT2D eigenvalue weighted by Gasteiger charge is -2.20. The number of hydrogen-bond acceptors (Lipinski definition) is 5. The maximum absolute atomic E-state index is 13.6. The number of halogens is 6. The molecule has 0 saturated heterocycles. The van der Waals surface area contributed by atoms with Crippen molar-refractivity contribution >= 4 is 17.2 Å². The van der Waals surface area contributed by atoms with E-state index in [2.05, 4.69) is 19.9 Å². The van der Waals surface area contributed by atoms with Crippen molar-refractivity contribution in [3.8, 4) is 5.75 Å². The molecule has 0 aliphatic heterocycles. The van der Waals surface area contributed by atoms with E-state index in [-0.39, 0.29) is 10.6 Å². The molecule has 3 rings (SSSR count). The summed E-state index contributed by atoms with van der Waals surface area (Å²) in [5.74, 6) is -0.833. The topological polar surface area (TPSA) is 54.5 Å². The number of carbonyl (C=O) groups excluding carboxylic acids is 1. The SMILES string of the molecule is CCCN(CCc1nc(C(F)(F)F)c(C(=O)NC(C)c2cccc(OC(F)(F)F)c2)s1)CC1CC1. The summed E-state index contributed by atoms with van der Waals surface area (Å²) in [6.07, 6.45) is -6.15. The molecule has 1 saturated carbocycles. The fraction of sp³-hybridized carbons (Fsp3) is 0.565. The zero-order chi connectivity index (χ0) is 25.8. The van der Waals surface area contributed by atoms with Crippen LogP contribution in [0.15, 0.2) is 24.3 Å². The first-order chi connectivity index (χ1) is 16.4. The van der Waals surface area contributed by atoms with Gasteiger partial charge in [-0.1, -0.05) is 19.1 Å². The van der Waals surface area contributed by atoms with Gasteiger partial charge in [0, 0.05) is 19.5 Å². The zero-order valence-corrected chi connectivity index (χ0v) is 20.1. The van der Waals surface area contributed by atoms with Crippen LogP contribution in [0, 0.1) is 5.92 Å². The summed E-state index contributed by atoms with van der Waals surface area (Å²) in [4.78, 5) is 18.1. The predicted molar refractivity (Wildman–Crippen MR) is 119 cm³/mol. The van der Waals surface area contributed by atoms with Gasteiger partial charge in [0.25, 0.3) is 5.91 Å². The van der Waals surface area contributed by atoms with E-state index < -0.39 is 40.8 Å². The second kappa shape index (κ2) is 11.2. The normalized spacial score (nSPS) is 15.3. The van der Waals surface area contributed by atoms with Crippen molar-refractivity contribution in [1.82, 2.24) is 15.2 Å². The molecule has 0 radical (unpaired) electrons. The summed E-state index contributed by atoms with van der Waals surface area (Å²) in [5, 5.41) is 2.65. The molecule has 1 fully saturated rings. The number of carbonyl (C=O) groups is 1. The van der Waals surface area contributed by atoms with Crippen LogP contribution in [-0.4, -0.2) is 41.8 Å². The highest BCUT2D eigenvalue weighted by Crippen LogP contribution is 2.35. The monoisotopic (exact) mass is 523 g/mol. The van der Waals surface area contributed by atoms with Gasteiger partial charge in [-0.2, -0.15) is 13.2 Å². The highest BCUT2D eigenvalue weighted by molar-refractivity contribution is 7.13. The number of hydrogen-bond donors (Lipinski definition) is 1. The van der Waals surface area contributed by atoms with Crippen molar-refractivity contribution < 1.29 is 35.9 Å². The maximum atomic E-state index is 13.6. The van der Waals surface area contributed by atoms with Crippen LogP contribution >= 0.6 is 11.3 Å². The second-order valence-corrected chi connectivity index (χ2v) is 9.68. The Morgan fingerprint density at radius 3 is 2.54 bits per heavy atom. The van der Waals surface area contributed by atoms with Crippen LogP contribution in [0.4, 0.5) is 26.3 Å². The van der Waals surface area contributed by atoms with E-state index in [1.54, 1.807) is 0 Å². The van der Waals surface area contributed by atoms with Crippen molar-refractivity contribution in [1.29, 1.82) is 0 Å². The number of thiazole rings is 1. The van der Waals surface area contributed by atoms with Crippen molar-refractivity contribution in [2.75, 3.05) is 19.6 Å². The van der Waals surface area contributed by atoms with Crippen molar-refractivity contribution in [2.24, 2.45) is 5.92 Å². The van der Waals surface area contributed by atoms with Crippen molar-refractivity contribution in [2.45, 2.75) is 58.1 Å². The zero-order valence-electron chi connectivity index (χ0n) is 19.3. The number of nitrogens with zero attached hydrogens (tertiary/aromatic N) is 2. The number of ether oxygens (including phenoxy) is 1. The highest BCUT2D eigenvalue weighted by Gasteiger charge is 2.40. The molecule has 0 bridgehead atoms. The third-order valence-corrected chi connectivity index (χ3v) is 6.59. The third-order valence-electron chi connectivity index (χ3n) is 5.48. The molecule has 1 atom stereocenters. The Morgan fingerprint density at radius 2 is 1.94 bits per heavy atom. The summed E-state index contributed by atoms with van der Waals surface area (Å²) in [6, 6.07) is 4.04. The molecule has 1 aromatic heterocycles. The van der Waals surface area contributed by atoms with Crippen molar-refractivity contribution in [3.05, 3.63) is 45.4 Å². The van der Waals surface area contributed by atoms with E-state index in [0.717, 1.165) is 31.6 Å². The number of aromatic nitrogens is 1. The molecule has 194 valence electrons. The van der Waals surface area contributed by atoms with Crippen LogP contribution in [0.5, 0.6) is 5.75 Å². The number of amides is 1. The Hall–Kier alpha value is -2.34. The highest BCUT2D eigenvalue weighted by atomic mass is 32.1. The molecular weight excluding hydrogens is 496 g/mol. The van der Waals surface area contributed by atoms with Crippen LogP contribution in [0.25, 0.3) is 0 Å². The van der Waals surface area contributed by atoms with Gasteiger partial charge in [0.05, 0.1) is 11.0 Å². The smallest absolute Gasteiger partial charge is 0.406 e. The minimum absolute atomic E-state index is 0.215. The molecular formula is C23H27F6N3O2S. The Kier molecular flexibility index (Phi) is 8.68. The summed E-state index contributed by atoms with van der Waals surface area (Å²) in [6.45, 7) is 5.81. The lowest BCUT2D eigenvalue weighted by Crippen LogP contribution is -2.29. The van der Waals surface area contributed by atoms with Crippen molar-refractivity contribution in [3.63, 3.8) is 0 Å². The molecule has 35 heavy (non-hydrogen) atoms. The average Bonchev–Trinajstić information content (AvgIpc) is 3.44. The van der Waals surface area contributed by atoms with E-state index >= 15 is 0 Å². The van der Waals surface area contributed by atoms with Gasteiger partial charge in [-0.05, 0) is 56.3 Å². The molecule has 1 amide bonds. The molecule has 5 nitrogen and oxygen atoms in total. The van der Waals surface area contributed by atoms with Gasteiger partial charge >= 0.3 is 12.5 Å². The van der Waals surface area contributed by atoms with Crippen LogP contribution in [-0.2, 0) is 12.6 Å². The molecule has 1 aliphatic rings. The minimum atomic E-state index is -4.89. The Morgan fingerprint density at radius 1 is 1.23 bits per heavy atom. The summed E-state index contributed by atoms with van der Waals surface area (Å²) < 4.78 is 82.2. The van der Waals surface area contributed by atoms with Crippen LogP contribution in [0.2, 0.25) is 0 Å². The Balaban J connectivity index is 1.72. The molecule has 1 heterocycles. The van der Waals surface area contributed by atoms with Gasteiger partial charge < -0.3 is 15.0 Å². The van der Waals surface area contributed by atoms with E-state index in [4.69, 9.17) is 0 Å². The molecule has 1 unspecified atom stereocenters. The Labute approximate surface area is 203 Å². The predicted octanol–water partition coefficient (Wildman–Crippen LogP) is 6.22. The van der Waals surface area contributed by atoms with Gasteiger partial charge in [-0.3, -0.25) is 4.79 Å². The minimum Gasteiger partial charge on any atom is -0.406 e. The standard InChI is InChI=1S/C23H27F6N3O2S/c1-3-10-32(13-15-7-8-15)11-9-18-31-20(22(24,25)26)19(35-18)21(33)30-14(2)16-5-4-6-17(12-16)34-23(27,28)29/h4-6,12,14-15H,3,7-11,13H2,1-2H3,(H,30,33). The first-order valence-electron chi connectivity index (χ1n) is 11.3. The van der Waals surface area contributed by atoms with E-state index in [9.17, 15) is 31.1 Å². The van der Waals surface area contributed by atoms with Gasteiger partial charge in [0.2, 0.25) is 0 Å². The van der Waals surface area contributed by atoms with Crippen LogP contribution in [0.3, 0.4) is 0 Å². The summed E-state index contributed by atoms with van der Waals surface area (Å²) in [5.41, 5.74) is -1.01. The van der Waals surface area contributed by atoms with E-state index in [0.29, 0.717) is 30.2 Å². The molecule has 2 aromatic rings.